The van der Waals surface area contributed by atoms with Gasteiger partial charge in [-0.25, -0.2) is 9.37 Å². The Morgan fingerprint density at radius 3 is 2.93 bits per heavy atom. The molecular formula is C16H23FN5O6P. The highest BCUT2D eigenvalue weighted by Gasteiger charge is 2.67. The van der Waals surface area contributed by atoms with E-state index < -0.39 is 39.0 Å². The average molecular weight is 431 g/mol. The molecule has 2 fully saturated rings. The molecule has 0 saturated carbocycles. The van der Waals surface area contributed by atoms with Gasteiger partial charge >= 0.3 is 8.60 Å². The number of aromatic nitrogens is 4. The van der Waals surface area contributed by atoms with Gasteiger partial charge in [-0.15, -0.1) is 0 Å². The van der Waals surface area contributed by atoms with Crippen molar-refractivity contribution in [3.8, 4) is 5.88 Å². The van der Waals surface area contributed by atoms with Crippen LogP contribution in [0, 0.1) is 0 Å². The molecule has 11 nitrogen and oxygen atoms in total. The van der Waals surface area contributed by atoms with Crippen molar-refractivity contribution in [2.75, 3.05) is 18.9 Å². The van der Waals surface area contributed by atoms with Crippen molar-refractivity contribution >= 4 is 25.7 Å². The van der Waals surface area contributed by atoms with Crippen LogP contribution in [-0.2, 0) is 18.3 Å². The Bertz CT molecular complexity index is 913. The Morgan fingerprint density at radius 1 is 1.48 bits per heavy atom. The number of hydrogen-bond donors (Lipinski definition) is 2. The summed E-state index contributed by atoms with van der Waals surface area (Å²) >= 11 is 0. The number of anilines is 1. The predicted octanol–water partition coefficient (Wildman–Crippen LogP) is 1.82. The predicted molar refractivity (Wildman–Crippen MR) is 99.5 cm³/mol. The molecule has 0 spiro atoms. The molecule has 0 radical (unpaired) electrons. The summed E-state index contributed by atoms with van der Waals surface area (Å²) in [5.41, 5.74) is 4.53. The largest absolute Gasteiger partial charge is 0.476 e. The van der Waals surface area contributed by atoms with Gasteiger partial charge in [-0.1, -0.05) is 0 Å². The molecule has 2 aliphatic heterocycles. The lowest BCUT2D eigenvalue weighted by Gasteiger charge is -2.37. The minimum Gasteiger partial charge on any atom is -0.476 e. The number of imidazole rings is 1. The topological polar surface area (TPSA) is 136 Å². The first-order chi connectivity index (χ1) is 13.7. The molecule has 2 aliphatic rings. The fourth-order valence-corrected chi connectivity index (χ4v) is 4.71. The summed E-state index contributed by atoms with van der Waals surface area (Å²) in [5, 5.41) is 11.2. The fourth-order valence-electron chi connectivity index (χ4n) is 3.37. The zero-order valence-electron chi connectivity index (χ0n) is 16.4. The molecule has 160 valence electrons. The second kappa shape index (κ2) is 7.22. The zero-order valence-corrected chi connectivity index (χ0v) is 17.3. The van der Waals surface area contributed by atoms with Crippen LogP contribution in [0.4, 0.5) is 10.3 Å². The molecule has 2 aromatic rings. The van der Waals surface area contributed by atoms with Crippen LogP contribution < -0.4 is 10.5 Å². The molecule has 29 heavy (non-hydrogen) atoms. The monoisotopic (exact) mass is 431 g/mol. The number of hydrogen-bond acceptors (Lipinski definition) is 10. The Labute approximate surface area is 167 Å². The summed E-state index contributed by atoms with van der Waals surface area (Å²) < 4.78 is 44.4. The van der Waals surface area contributed by atoms with Crippen LogP contribution in [0.2, 0.25) is 0 Å². The van der Waals surface area contributed by atoms with Crippen LogP contribution in [0.1, 0.15) is 33.9 Å². The van der Waals surface area contributed by atoms with Gasteiger partial charge in [-0.05, 0) is 27.7 Å². The van der Waals surface area contributed by atoms with Crippen LogP contribution >= 0.6 is 8.60 Å². The van der Waals surface area contributed by atoms with Crippen molar-refractivity contribution in [2.45, 2.75) is 57.6 Å². The Kier molecular flexibility index (Phi) is 5.12. The third-order valence-corrected chi connectivity index (χ3v) is 5.84. The van der Waals surface area contributed by atoms with E-state index in [0.29, 0.717) is 12.1 Å². The van der Waals surface area contributed by atoms with Gasteiger partial charge in [0.05, 0.1) is 19.0 Å². The van der Waals surface area contributed by atoms with E-state index in [1.165, 1.54) is 17.8 Å². The normalized spacial score (nSPS) is 34.7. The molecule has 0 aromatic carbocycles. The Hall–Kier alpha value is -1.69. The first kappa shape index (κ1) is 20.6. The van der Waals surface area contributed by atoms with Gasteiger partial charge in [0.15, 0.2) is 23.5 Å². The van der Waals surface area contributed by atoms with Crippen molar-refractivity contribution < 1.29 is 32.5 Å². The molecule has 0 unspecified atom stereocenters. The molecule has 3 N–H and O–H groups in total. The zero-order chi connectivity index (χ0) is 21.0. The number of rotatable bonds is 5. The van der Waals surface area contributed by atoms with E-state index in [-0.39, 0.29) is 23.6 Å². The molecule has 4 heterocycles. The molecule has 5 atom stereocenters. The minimum absolute atomic E-state index is 0.0545. The highest BCUT2D eigenvalue weighted by Crippen LogP contribution is 2.58. The molecule has 0 aliphatic carbocycles. The van der Waals surface area contributed by atoms with Gasteiger partial charge in [0, 0.05) is 0 Å². The summed E-state index contributed by atoms with van der Waals surface area (Å²) in [6, 6.07) is 0. The van der Waals surface area contributed by atoms with Crippen molar-refractivity contribution in [2.24, 2.45) is 0 Å². The first-order valence-corrected chi connectivity index (χ1v) is 10.2. The lowest BCUT2D eigenvalue weighted by molar-refractivity contribution is -0.215. The minimum atomic E-state index is -2.38. The second-order valence-electron chi connectivity index (χ2n) is 7.26. The maximum absolute atomic E-state index is 15.5. The van der Waals surface area contributed by atoms with Gasteiger partial charge in [0.1, 0.15) is 12.2 Å². The summed E-state index contributed by atoms with van der Waals surface area (Å²) in [6.07, 6.45) is -1.40. The summed E-state index contributed by atoms with van der Waals surface area (Å²) in [6.45, 7) is 6.70. The Balaban J connectivity index is 1.71. The van der Waals surface area contributed by atoms with Crippen LogP contribution in [-0.4, -0.2) is 61.5 Å². The number of ether oxygens (including phenoxy) is 2. The molecule has 13 heteroatoms. The maximum atomic E-state index is 15.5. The SMILES string of the molecule is CCOc1nc(N)nc2c1ncn2[C@@H]1O[C@]2(F)CO[P@](OC(C)C)O[C@H]2[C@@]1(C)O. The highest BCUT2D eigenvalue weighted by molar-refractivity contribution is 7.41. The van der Waals surface area contributed by atoms with Crippen molar-refractivity contribution in [3.63, 3.8) is 0 Å². The van der Waals surface area contributed by atoms with E-state index in [1.807, 2.05) is 0 Å². The van der Waals surface area contributed by atoms with Crippen molar-refractivity contribution in [1.82, 2.24) is 19.5 Å². The molecule has 0 bridgehead atoms. The van der Waals surface area contributed by atoms with Gasteiger partial charge in [-0.2, -0.15) is 9.97 Å². The van der Waals surface area contributed by atoms with E-state index in [9.17, 15) is 5.11 Å². The van der Waals surface area contributed by atoms with E-state index in [0.717, 1.165) is 0 Å². The molecule has 4 rings (SSSR count). The summed E-state index contributed by atoms with van der Waals surface area (Å²) in [5.74, 6) is -2.25. The molecule has 2 aromatic heterocycles. The van der Waals surface area contributed by atoms with Gasteiger partial charge in [0.2, 0.25) is 11.8 Å². The smallest absolute Gasteiger partial charge is 0.333 e. The Morgan fingerprint density at radius 2 is 2.24 bits per heavy atom. The number of fused-ring (bicyclic) bond motifs is 2. The second-order valence-corrected chi connectivity index (χ2v) is 8.39. The van der Waals surface area contributed by atoms with Gasteiger partial charge in [0.25, 0.3) is 5.85 Å². The third kappa shape index (κ3) is 3.43. The molecule has 2 saturated heterocycles. The van der Waals surface area contributed by atoms with E-state index in [4.69, 9.17) is 28.8 Å². The summed E-state index contributed by atoms with van der Waals surface area (Å²) in [4.78, 5) is 12.4. The molecule has 0 amide bonds. The number of nitrogen functional groups attached to an aromatic ring is 1. The van der Waals surface area contributed by atoms with Gasteiger partial charge in [-0.3, -0.25) is 9.09 Å². The van der Waals surface area contributed by atoms with Crippen molar-refractivity contribution in [3.05, 3.63) is 6.33 Å². The van der Waals surface area contributed by atoms with E-state index in [1.54, 1.807) is 20.8 Å². The number of nitrogens with two attached hydrogens (primary N) is 1. The maximum Gasteiger partial charge on any atom is 0.333 e. The highest BCUT2D eigenvalue weighted by atomic mass is 31.2. The fraction of sp³-hybridized carbons (Fsp3) is 0.688. The summed E-state index contributed by atoms with van der Waals surface area (Å²) in [7, 11) is -1.83. The first-order valence-electron chi connectivity index (χ1n) is 9.14. The van der Waals surface area contributed by atoms with Crippen LogP contribution in [0.15, 0.2) is 6.33 Å². The number of aliphatic hydroxyl groups is 1. The quantitative estimate of drug-likeness (QED) is 0.675. The third-order valence-electron chi connectivity index (χ3n) is 4.53. The van der Waals surface area contributed by atoms with Crippen LogP contribution in [0.5, 0.6) is 5.88 Å². The number of halogens is 1. The standard InChI is InChI=1S/C16H23FN5O6P/c1-5-24-11-9-10(20-14(18)21-11)22(7-19-9)13-15(4,23)12-16(17,26-13)6-25-29(28-12)27-8(2)3/h7-8,12-13,23H,5-6H2,1-4H3,(H2,18,20,21)/t12-,13+,15+,16+,29+/m0/s1. The van der Waals surface area contributed by atoms with Crippen LogP contribution in [0.25, 0.3) is 11.2 Å². The van der Waals surface area contributed by atoms with E-state index >= 15 is 4.39 Å². The average Bonchev–Trinajstić information content (AvgIpc) is 3.12. The van der Waals surface area contributed by atoms with E-state index in [2.05, 4.69) is 15.0 Å². The lowest BCUT2D eigenvalue weighted by atomic mass is 9.95. The lowest BCUT2D eigenvalue weighted by Crippen LogP contribution is -2.52. The van der Waals surface area contributed by atoms with Crippen LogP contribution in [0.3, 0.4) is 0 Å². The number of nitrogens with zero attached hydrogens (tertiary/aromatic N) is 4. The van der Waals surface area contributed by atoms with Crippen molar-refractivity contribution in [1.29, 1.82) is 0 Å². The molecular weight excluding hydrogens is 408 g/mol. The number of alkyl halides is 1. The van der Waals surface area contributed by atoms with Gasteiger partial charge < -0.3 is 29.4 Å².